The molecule has 0 amide bonds. The van der Waals surface area contributed by atoms with Crippen LogP contribution in [0.4, 0.5) is 5.82 Å². The van der Waals surface area contributed by atoms with Gasteiger partial charge in [-0.05, 0) is 24.4 Å². The molecule has 0 aromatic carbocycles. The van der Waals surface area contributed by atoms with Crippen molar-refractivity contribution in [3.8, 4) is 5.88 Å². The zero-order valence-electron chi connectivity index (χ0n) is 10.3. The highest BCUT2D eigenvalue weighted by Gasteiger charge is 2.16. The molecule has 0 fully saturated rings. The molecule has 0 spiro atoms. The van der Waals surface area contributed by atoms with E-state index in [1.165, 1.54) is 0 Å². The number of pyridine rings is 1. The molecule has 1 aromatic heterocycles. The highest BCUT2D eigenvalue weighted by atomic mass is 16.5. The van der Waals surface area contributed by atoms with Gasteiger partial charge in [0.1, 0.15) is 5.82 Å². The summed E-state index contributed by atoms with van der Waals surface area (Å²) in [6, 6.07) is 5.68. The van der Waals surface area contributed by atoms with Crippen LogP contribution in [-0.4, -0.2) is 25.2 Å². The Morgan fingerprint density at radius 2 is 2.19 bits per heavy atom. The summed E-state index contributed by atoms with van der Waals surface area (Å²) in [5.74, 6) is 1.46. The van der Waals surface area contributed by atoms with E-state index in [4.69, 9.17) is 10.5 Å². The first-order valence-electron chi connectivity index (χ1n) is 5.52. The number of aromatic nitrogens is 1. The first-order chi connectivity index (χ1) is 7.57. The highest BCUT2D eigenvalue weighted by molar-refractivity contribution is 5.37. The van der Waals surface area contributed by atoms with Crippen molar-refractivity contribution in [3.05, 3.63) is 18.2 Å². The van der Waals surface area contributed by atoms with Crippen molar-refractivity contribution in [1.82, 2.24) is 4.98 Å². The van der Waals surface area contributed by atoms with Gasteiger partial charge in [0.25, 0.3) is 0 Å². The van der Waals surface area contributed by atoms with Crippen LogP contribution in [0.25, 0.3) is 0 Å². The Hall–Kier alpha value is -1.29. The van der Waals surface area contributed by atoms with E-state index in [1.54, 1.807) is 7.11 Å². The van der Waals surface area contributed by atoms with Gasteiger partial charge in [-0.3, -0.25) is 0 Å². The average molecular weight is 223 g/mol. The second-order valence-electron chi connectivity index (χ2n) is 4.62. The van der Waals surface area contributed by atoms with Crippen LogP contribution in [0, 0.1) is 5.41 Å². The molecule has 1 rings (SSSR count). The molecule has 0 aliphatic rings. The van der Waals surface area contributed by atoms with Crippen molar-refractivity contribution < 1.29 is 4.74 Å². The fourth-order valence-corrected chi connectivity index (χ4v) is 1.44. The molecule has 0 radical (unpaired) electrons. The molecule has 0 saturated heterocycles. The van der Waals surface area contributed by atoms with Crippen LogP contribution < -0.4 is 15.8 Å². The van der Waals surface area contributed by atoms with Gasteiger partial charge in [0, 0.05) is 12.6 Å². The lowest BCUT2D eigenvalue weighted by atomic mass is 9.89. The van der Waals surface area contributed by atoms with Crippen molar-refractivity contribution in [2.75, 3.05) is 25.5 Å². The second-order valence-corrected chi connectivity index (χ2v) is 4.62. The number of ether oxygens (including phenoxy) is 1. The lowest BCUT2D eigenvalue weighted by Crippen LogP contribution is -2.26. The molecule has 90 valence electrons. The van der Waals surface area contributed by atoms with Crippen molar-refractivity contribution in [2.24, 2.45) is 11.1 Å². The molecular weight excluding hydrogens is 202 g/mol. The molecule has 0 unspecified atom stereocenters. The number of nitrogens with two attached hydrogens (primary N) is 1. The van der Waals surface area contributed by atoms with Gasteiger partial charge in [0.15, 0.2) is 0 Å². The Morgan fingerprint density at radius 1 is 1.44 bits per heavy atom. The Kier molecular flexibility index (Phi) is 4.55. The number of anilines is 1. The summed E-state index contributed by atoms with van der Waals surface area (Å²) in [5.41, 5.74) is 5.75. The highest BCUT2D eigenvalue weighted by Crippen LogP contribution is 2.20. The zero-order valence-corrected chi connectivity index (χ0v) is 10.3. The van der Waals surface area contributed by atoms with E-state index >= 15 is 0 Å². The topological polar surface area (TPSA) is 60.2 Å². The SMILES string of the molecule is COc1cccc(NCC(C)(C)CCN)n1. The number of nitrogens with zero attached hydrogens (tertiary/aromatic N) is 1. The van der Waals surface area contributed by atoms with Gasteiger partial charge >= 0.3 is 0 Å². The number of rotatable bonds is 6. The monoisotopic (exact) mass is 223 g/mol. The minimum atomic E-state index is 0.180. The minimum absolute atomic E-state index is 0.180. The predicted octanol–water partition coefficient (Wildman–Crippen LogP) is 1.88. The smallest absolute Gasteiger partial charge is 0.214 e. The van der Waals surface area contributed by atoms with E-state index in [9.17, 15) is 0 Å². The molecule has 4 nitrogen and oxygen atoms in total. The van der Waals surface area contributed by atoms with E-state index in [-0.39, 0.29) is 5.41 Å². The maximum Gasteiger partial charge on any atom is 0.214 e. The van der Waals surface area contributed by atoms with Crippen LogP contribution in [0.2, 0.25) is 0 Å². The van der Waals surface area contributed by atoms with Gasteiger partial charge in [-0.1, -0.05) is 19.9 Å². The lowest BCUT2D eigenvalue weighted by Gasteiger charge is -2.24. The van der Waals surface area contributed by atoms with Gasteiger partial charge in [-0.2, -0.15) is 4.98 Å². The number of hydrogen-bond acceptors (Lipinski definition) is 4. The van der Waals surface area contributed by atoms with E-state index in [0.29, 0.717) is 12.4 Å². The normalized spacial score (nSPS) is 11.2. The molecule has 0 bridgehead atoms. The maximum atomic E-state index is 5.57. The molecule has 4 heteroatoms. The van der Waals surface area contributed by atoms with Gasteiger partial charge in [0.2, 0.25) is 5.88 Å². The summed E-state index contributed by atoms with van der Waals surface area (Å²) in [7, 11) is 1.62. The van der Waals surface area contributed by atoms with Crippen LogP contribution >= 0.6 is 0 Å². The Morgan fingerprint density at radius 3 is 2.81 bits per heavy atom. The molecule has 0 aliphatic heterocycles. The predicted molar refractivity (Wildman–Crippen MR) is 66.7 cm³/mol. The van der Waals surface area contributed by atoms with Crippen molar-refractivity contribution >= 4 is 5.82 Å². The van der Waals surface area contributed by atoms with Crippen molar-refractivity contribution in [1.29, 1.82) is 0 Å². The van der Waals surface area contributed by atoms with Gasteiger partial charge < -0.3 is 15.8 Å². The zero-order chi connectivity index (χ0) is 12.0. The van der Waals surface area contributed by atoms with Crippen LogP contribution in [0.3, 0.4) is 0 Å². The lowest BCUT2D eigenvalue weighted by molar-refractivity contribution is 0.364. The third-order valence-corrected chi connectivity index (χ3v) is 2.50. The molecule has 0 aliphatic carbocycles. The van der Waals surface area contributed by atoms with Gasteiger partial charge in [-0.15, -0.1) is 0 Å². The van der Waals surface area contributed by atoms with E-state index < -0.39 is 0 Å². The minimum Gasteiger partial charge on any atom is -0.481 e. The van der Waals surface area contributed by atoms with E-state index in [0.717, 1.165) is 18.8 Å². The number of hydrogen-bond donors (Lipinski definition) is 2. The van der Waals surface area contributed by atoms with Gasteiger partial charge in [0.05, 0.1) is 7.11 Å². The van der Waals surface area contributed by atoms with Crippen LogP contribution in [-0.2, 0) is 0 Å². The van der Waals surface area contributed by atoms with Crippen LogP contribution in [0.15, 0.2) is 18.2 Å². The second kappa shape index (κ2) is 5.70. The summed E-state index contributed by atoms with van der Waals surface area (Å²) >= 11 is 0. The molecule has 0 atom stereocenters. The molecule has 3 N–H and O–H groups in total. The van der Waals surface area contributed by atoms with Crippen molar-refractivity contribution in [2.45, 2.75) is 20.3 Å². The van der Waals surface area contributed by atoms with Gasteiger partial charge in [-0.25, -0.2) is 0 Å². The van der Waals surface area contributed by atoms with Crippen LogP contribution in [0.1, 0.15) is 20.3 Å². The number of nitrogens with one attached hydrogen (secondary N) is 1. The van der Waals surface area contributed by atoms with Crippen LogP contribution in [0.5, 0.6) is 5.88 Å². The quantitative estimate of drug-likeness (QED) is 0.773. The first kappa shape index (κ1) is 12.8. The fraction of sp³-hybridized carbons (Fsp3) is 0.583. The summed E-state index contributed by atoms with van der Waals surface area (Å²) in [6.45, 7) is 5.94. The molecule has 16 heavy (non-hydrogen) atoms. The third-order valence-electron chi connectivity index (χ3n) is 2.50. The average Bonchev–Trinajstić information content (AvgIpc) is 2.27. The molecule has 1 heterocycles. The van der Waals surface area contributed by atoms with E-state index in [1.807, 2.05) is 18.2 Å². The Balaban J connectivity index is 2.53. The van der Waals surface area contributed by atoms with E-state index in [2.05, 4.69) is 24.1 Å². The molecule has 0 saturated carbocycles. The maximum absolute atomic E-state index is 5.57. The van der Waals surface area contributed by atoms with Crippen molar-refractivity contribution in [3.63, 3.8) is 0 Å². The summed E-state index contributed by atoms with van der Waals surface area (Å²) in [4.78, 5) is 4.29. The summed E-state index contributed by atoms with van der Waals surface area (Å²) < 4.78 is 5.06. The largest absolute Gasteiger partial charge is 0.481 e. The number of methoxy groups -OCH3 is 1. The molecular formula is C12H21N3O. The fourth-order valence-electron chi connectivity index (χ4n) is 1.44. The summed E-state index contributed by atoms with van der Waals surface area (Å²) in [5, 5.41) is 3.30. The Labute approximate surface area is 97.2 Å². The third kappa shape index (κ3) is 4.06. The summed E-state index contributed by atoms with van der Waals surface area (Å²) in [6.07, 6.45) is 0.990. The standard InChI is InChI=1S/C12H21N3O/c1-12(2,7-8-13)9-14-10-5-4-6-11(15-10)16-3/h4-6H,7-9,13H2,1-3H3,(H,14,15). The molecule has 1 aromatic rings. The first-order valence-corrected chi connectivity index (χ1v) is 5.52. The Bertz CT molecular complexity index is 326.